The summed E-state index contributed by atoms with van der Waals surface area (Å²) in [6.07, 6.45) is 2.81. The van der Waals surface area contributed by atoms with E-state index in [1.165, 1.54) is 5.56 Å². The molecule has 0 atom stereocenters. The van der Waals surface area contributed by atoms with Gasteiger partial charge >= 0.3 is 5.97 Å². The van der Waals surface area contributed by atoms with E-state index < -0.39 is 0 Å². The van der Waals surface area contributed by atoms with Crippen molar-refractivity contribution < 1.29 is 13.9 Å². The zero-order chi connectivity index (χ0) is 19.1. The molecule has 0 unspecified atom stereocenters. The summed E-state index contributed by atoms with van der Waals surface area (Å²) >= 11 is 1.59. The molecule has 7 heteroatoms. The second-order valence-corrected chi connectivity index (χ2v) is 7.16. The Morgan fingerprint density at radius 3 is 2.89 bits per heavy atom. The third-order valence-electron chi connectivity index (χ3n) is 3.95. The molecule has 0 aliphatic carbocycles. The van der Waals surface area contributed by atoms with Crippen molar-refractivity contribution in [1.29, 1.82) is 0 Å². The van der Waals surface area contributed by atoms with Crippen LogP contribution < -0.4 is 0 Å². The number of hydrogen-bond acceptors (Lipinski definition) is 6. The monoisotopic (exact) mass is 385 g/mol. The van der Waals surface area contributed by atoms with Crippen LogP contribution in [0.1, 0.15) is 31.1 Å². The average molecular weight is 385 g/mol. The molecule has 0 aliphatic rings. The highest BCUT2D eigenvalue weighted by Crippen LogP contribution is 2.26. The van der Waals surface area contributed by atoms with E-state index in [2.05, 4.69) is 33.8 Å². The lowest BCUT2D eigenvalue weighted by Gasteiger charge is -2.09. The Kier molecular flexibility index (Phi) is 6.70. The summed E-state index contributed by atoms with van der Waals surface area (Å²) < 4.78 is 12.5. The molecule has 2 heterocycles. The number of carbonyl (C=O) groups is 1. The lowest BCUT2D eigenvalue weighted by molar-refractivity contribution is -0.143. The molecule has 0 N–H and O–H groups in total. The van der Waals surface area contributed by atoms with Crippen LogP contribution >= 0.6 is 11.8 Å². The van der Waals surface area contributed by atoms with Gasteiger partial charge in [0.05, 0.1) is 19.4 Å². The summed E-state index contributed by atoms with van der Waals surface area (Å²) in [6, 6.07) is 12.0. The third kappa shape index (κ3) is 5.23. The standard InChI is InChI=1S/C20H23N3O3S/c1-3-25-18(24)10-6-12-27-20-22-21-19(16-8-4-7-15(2)13-16)23(20)14-17-9-5-11-26-17/h4-5,7-9,11,13H,3,6,10,12,14H2,1-2H3. The molecular formula is C20H23N3O3S. The van der Waals surface area contributed by atoms with Gasteiger partial charge in [0.2, 0.25) is 0 Å². The van der Waals surface area contributed by atoms with E-state index in [1.54, 1.807) is 18.0 Å². The maximum Gasteiger partial charge on any atom is 0.305 e. The molecule has 142 valence electrons. The van der Waals surface area contributed by atoms with Gasteiger partial charge in [0.25, 0.3) is 0 Å². The summed E-state index contributed by atoms with van der Waals surface area (Å²) in [6.45, 7) is 4.85. The van der Waals surface area contributed by atoms with E-state index in [0.717, 1.165) is 34.5 Å². The predicted molar refractivity (Wildman–Crippen MR) is 105 cm³/mol. The van der Waals surface area contributed by atoms with Gasteiger partial charge in [-0.15, -0.1) is 10.2 Å². The van der Waals surface area contributed by atoms with Crippen molar-refractivity contribution >= 4 is 17.7 Å². The minimum Gasteiger partial charge on any atom is -0.467 e. The number of benzene rings is 1. The lowest BCUT2D eigenvalue weighted by atomic mass is 10.1. The van der Waals surface area contributed by atoms with Gasteiger partial charge < -0.3 is 9.15 Å². The maximum atomic E-state index is 11.5. The second kappa shape index (κ2) is 9.41. The van der Waals surface area contributed by atoms with Crippen molar-refractivity contribution in [3.8, 4) is 11.4 Å². The Morgan fingerprint density at radius 1 is 1.26 bits per heavy atom. The van der Waals surface area contributed by atoms with Gasteiger partial charge in [0, 0.05) is 17.7 Å². The molecule has 0 bridgehead atoms. The summed E-state index contributed by atoms with van der Waals surface area (Å²) in [5, 5.41) is 9.60. The first-order valence-electron chi connectivity index (χ1n) is 8.98. The third-order valence-corrected chi connectivity index (χ3v) is 5.00. The molecule has 1 aromatic carbocycles. The molecule has 0 saturated heterocycles. The van der Waals surface area contributed by atoms with Crippen LogP contribution in [0.15, 0.2) is 52.2 Å². The molecule has 3 aromatic rings. The Bertz CT molecular complexity index is 874. The van der Waals surface area contributed by atoms with Crippen molar-refractivity contribution in [3.63, 3.8) is 0 Å². The first-order valence-corrected chi connectivity index (χ1v) is 9.97. The number of thioether (sulfide) groups is 1. The fourth-order valence-electron chi connectivity index (χ4n) is 2.71. The zero-order valence-corrected chi connectivity index (χ0v) is 16.4. The number of carbonyl (C=O) groups excluding carboxylic acids is 1. The van der Waals surface area contributed by atoms with Crippen LogP contribution in [0.5, 0.6) is 0 Å². The number of hydrogen-bond donors (Lipinski definition) is 0. The Morgan fingerprint density at radius 2 is 2.15 bits per heavy atom. The minimum absolute atomic E-state index is 0.157. The highest BCUT2D eigenvalue weighted by Gasteiger charge is 2.16. The van der Waals surface area contributed by atoms with Crippen molar-refractivity contribution in [3.05, 3.63) is 54.0 Å². The van der Waals surface area contributed by atoms with Crippen LogP contribution in [-0.4, -0.2) is 33.1 Å². The van der Waals surface area contributed by atoms with Gasteiger partial charge in [-0.2, -0.15) is 0 Å². The van der Waals surface area contributed by atoms with Crippen LogP contribution in [0.25, 0.3) is 11.4 Å². The maximum absolute atomic E-state index is 11.5. The SMILES string of the molecule is CCOC(=O)CCCSc1nnc(-c2cccc(C)c2)n1Cc1ccco1. The van der Waals surface area contributed by atoms with Crippen LogP contribution in [-0.2, 0) is 16.1 Å². The molecule has 0 saturated carbocycles. The van der Waals surface area contributed by atoms with Crippen molar-refractivity contribution in [2.45, 2.75) is 38.4 Å². The van der Waals surface area contributed by atoms with Crippen LogP contribution in [0, 0.1) is 6.92 Å². The molecule has 2 aromatic heterocycles. The molecule has 0 aliphatic heterocycles. The number of ether oxygens (including phenoxy) is 1. The summed E-state index contributed by atoms with van der Waals surface area (Å²) in [5.41, 5.74) is 2.19. The average Bonchev–Trinajstić information content (AvgIpc) is 3.30. The number of nitrogens with zero attached hydrogens (tertiary/aromatic N) is 3. The van der Waals surface area contributed by atoms with Crippen molar-refractivity contribution in [2.24, 2.45) is 0 Å². The molecule has 0 amide bonds. The Labute approximate surface area is 162 Å². The minimum atomic E-state index is -0.157. The van der Waals surface area contributed by atoms with Crippen molar-refractivity contribution in [2.75, 3.05) is 12.4 Å². The van der Waals surface area contributed by atoms with E-state index in [1.807, 2.05) is 31.2 Å². The lowest BCUT2D eigenvalue weighted by Crippen LogP contribution is -2.05. The first kappa shape index (κ1) is 19.2. The fraction of sp³-hybridized carbons (Fsp3) is 0.350. The van der Waals surface area contributed by atoms with E-state index in [4.69, 9.17) is 9.15 Å². The van der Waals surface area contributed by atoms with E-state index in [0.29, 0.717) is 19.6 Å². The van der Waals surface area contributed by atoms with Gasteiger partial charge in [0.15, 0.2) is 11.0 Å². The van der Waals surface area contributed by atoms with Crippen molar-refractivity contribution in [1.82, 2.24) is 14.8 Å². The van der Waals surface area contributed by atoms with E-state index in [-0.39, 0.29) is 5.97 Å². The highest BCUT2D eigenvalue weighted by atomic mass is 32.2. The second-order valence-electron chi connectivity index (χ2n) is 6.10. The number of esters is 1. The Balaban J connectivity index is 1.76. The zero-order valence-electron chi connectivity index (χ0n) is 15.6. The van der Waals surface area contributed by atoms with Gasteiger partial charge in [-0.1, -0.05) is 35.5 Å². The van der Waals surface area contributed by atoms with Gasteiger partial charge in [-0.25, -0.2) is 0 Å². The first-order chi connectivity index (χ1) is 13.2. The predicted octanol–water partition coefficient (Wildman–Crippen LogP) is 4.33. The van der Waals surface area contributed by atoms with Gasteiger partial charge in [0.1, 0.15) is 5.76 Å². The topological polar surface area (TPSA) is 70.2 Å². The molecule has 3 rings (SSSR count). The normalized spacial score (nSPS) is 10.9. The molecule has 0 radical (unpaired) electrons. The molecule has 0 fully saturated rings. The molecule has 27 heavy (non-hydrogen) atoms. The largest absolute Gasteiger partial charge is 0.467 e. The Hall–Kier alpha value is -2.54. The van der Waals surface area contributed by atoms with Crippen LogP contribution in [0.3, 0.4) is 0 Å². The summed E-state index contributed by atoms with van der Waals surface area (Å²) in [4.78, 5) is 11.5. The highest BCUT2D eigenvalue weighted by molar-refractivity contribution is 7.99. The number of rotatable bonds is 9. The number of aryl methyl sites for hydroxylation is 1. The van der Waals surface area contributed by atoms with Gasteiger partial charge in [-0.05, 0) is 38.5 Å². The van der Waals surface area contributed by atoms with Crippen LogP contribution in [0.2, 0.25) is 0 Å². The van der Waals surface area contributed by atoms with E-state index in [9.17, 15) is 4.79 Å². The van der Waals surface area contributed by atoms with Crippen LogP contribution in [0.4, 0.5) is 0 Å². The summed E-state index contributed by atoms with van der Waals surface area (Å²) in [5.74, 6) is 2.26. The molecule has 6 nitrogen and oxygen atoms in total. The fourth-order valence-corrected chi connectivity index (χ4v) is 3.58. The summed E-state index contributed by atoms with van der Waals surface area (Å²) in [7, 11) is 0. The number of aromatic nitrogens is 3. The number of furan rings is 1. The molecule has 0 spiro atoms. The van der Waals surface area contributed by atoms with Gasteiger partial charge in [-0.3, -0.25) is 9.36 Å². The molecular weight excluding hydrogens is 362 g/mol. The quantitative estimate of drug-likeness (QED) is 0.310. The smallest absolute Gasteiger partial charge is 0.305 e. The van der Waals surface area contributed by atoms with E-state index >= 15 is 0 Å².